The average Bonchev–Trinajstić information content (AvgIpc) is 3.19. The van der Waals surface area contributed by atoms with Crippen LogP contribution in [0.2, 0.25) is 0 Å². The highest BCUT2D eigenvalue weighted by atomic mass is 32.2. The number of hydrogen-bond acceptors (Lipinski definition) is 7. The lowest BCUT2D eigenvalue weighted by Crippen LogP contribution is -2.18. The number of hydrogen-bond donors (Lipinski definition) is 1. The standard InChI is InChI=1S/C14H10N4O2S2/c19-10(13(20)14-15-8-16-18-14)6-11-17-12(7-21-11)22-9-4-2-1-3-5-9/h1-5,7-8H,6H2,(H,15,16,18). The summed E-state index contributed by atoms with van der Waals surface area (Å²) in [5.41, 5.74) is 0. The van der Waals surface area contributed by atoms with E-state index in [-0.39, 0.29) is 12.2 Å². The predicted octanol–water partition coefficient (Wildman–Crippen LogP) is 2.41. The van der Waals surface area contributed by atoms with Crippen molar-refractivity contribution in [1.29, 1.82) is 0 Å². The van der Waals surface area contributed by atoms with Gasteiger partial charge in [0.25, 0.3) is 5.78 Å². The SMILES string of the molecule is O=C(Cc1nc(Sc2ccccc2)cs1)C(=O)c1nc[nH]n1. The fourth-order valence-electron chi connectivity index (χ4n) is 1.69. The van der Waals surface area contributed by atoms with Crippen LogP contribution in [0.5, 0.6) is 0 Å². The van der Waals surface area contributed by atoms with Crippen LogP contribution < -0.4 is 0 Å². The number of aromatic amines is 1. The van der Waals surface area contributed by atoms with E-state index in [0.29, 0.717) is 5.01 Å². The van der Waals surface area contributed by atoms with Gasteiger partial charge in [0, 0.05) is 10.3 Å². The molecule has 22 heavy (non-hydrogen) atoms. The molecular formula is C14H10N4O2S2. The molecule has 0 spiro atoms. The number of aromatic nitrogens is 4. The molecule has 6 nitrogen and oxygen atoms in total. The second-order valence-electron chi connectivity index (χ2n) is 4.25. The van der Waals surface area contributed by atoms with Crippen LogP contribution in [0.25, 0.3) is 0 Å². The molecule has 8 heteroatoms. The molecule has 1 N–H and O–H groups in total. The molecule has 0 atom stereocenters. The molecule has 110 valence electrons. The Bertz CT molecular complexity index is 784. The first-order chi connectivity index (χ1) is 10.7. The Morgan fingerprint density at radius 3 is 2.77 bits per heavy atom. The number of ketones is 2. The van der Waals surface area contributed by atoms with Gasteiger partial charge >= 0.3 is 0 Å². The number of H-pyrrole nitrogens is 1. The van der Waals surface area contributed by atoms with Crippen LogP contribution in [0.15, 0.2) is 52.0 Å². The minimum atomic E-state index is -0.700. The average molecular weight is 330 g/mol. The molecule has 0 saturated heterocycles. The van der Waals surface area contributed by atoms with Gasteiger partial charge in [0.2, 0.25) is 11.6 Å². The van der Waals surface area contributed by atoms with Crippen molar-refractivity contribution in [2.45, 2.75) is 16.3 Å². The molecule has 3 aromatic rings. The maximum atomic E-state index is 11.9. The van der Waals surface area contributed by atoms with Gasteiger partial charge in [0.1, 0.15) is 16.4 Å². The molecule has 0 amide bonds. The van der Waals surface area contributed by atoms with Gasteiger partial charge in [-0.1, -0.05) is 30.0 Å². The Morgan fingerprint density at radius 2 is 2.05 bits per heavy atom. The molecule has 0 radical (unpaired) electrons. The maximum absolute atomic E-state index is 11.9. The van der Waals surface area contributed by atoms with E-state index in [2.05, 4.69) is 20.2 Å². The molecule has 2 aromatic heterocycles. The van der Waals surface area contributed by atoms with Crippen molar-refractivity contribution in [3.05, 3.63) is 52.9 Å². The Morgan fingerprint density at radius 1 is 1.23 bits per heavy atom. The van der Waals surface area contributed by atoms with Crippen LogP contribution in [0.4, 0.5) is 0 Å². The van der Waals surface area contributed by atoms with Gasteiger partial charge in [-0.2, -0.15) is 0 Å². The van der Waals surface area contributed by atoms with Crippen LogP contribution in [-0.2, 0) is 11.2 Å². The number of Topliss-reactive ketones (excluding diaryl/α,β-unsaturated/α-hetero) is 2. The van der Waals surface area contributed by atoms with Crippen molar-refractivity contribution in [2.24, 2.45) is 0 Å². The van der Waals surface area contributed by atoms with Crippen LogP contribution in [0.1, 0.15) is 15.6 Å². The number of rotatable bonds is 6. The first-order valence-electron chi connectivity index (χ1n) is 6.33. The largest absolute Gasteiger partial charge is 0.290 e. The smallest absolute Gasteiger partial charge is 0.268 e. The van der Waals surface area contributed by atoms with Crippen LogP contribution in [-0.4, -0.2) is 31.7 Å². The van der Waals surface area contributed by atoms with E-state index in [1.807, 2.05) is 35.7 Å². The van der Waals surface area contributed by atoms with E-state index >= 15 is 0 Å². The number of nitrogens with zero attached hydrogens (tertiary/aromatic N) is 3. The van der Waals surface area contributed by atoms with Crippen molar-refractivity contribution in [3.63, 3.8) is 0 Å². The van der Waals surface area contributed by atoms with Gasteiger partial charge in [-0.05, 0) is 12.1 Å². The Hall–Kier alpha value is -2.32. The van der Waals surface area contributed by atoms with E-state index in [1.54, 1.807) is 0 Å². The minimum absolute atomic E-state index is 0.0343. The summed E-state index contributed by atoms with van der Waals surface area (Å²) in [5, 5.41) is 9.31. The minimum Gasteiger partial charge on any atom is -0.290 e. The lowest BCUT2D eigenvalue weighted by molar-refractivity contribution is -0.114. The zero-order valence-corrected chi connectivity index (χ0v) is 12.9. The van der Waals surface area contributed by atoms with Gasteiger partial charge in [-0.3, -0.25) is 14.7 Å². The molecule has 0 saturated carbocycles. The van der Waals surface area contributed by atoms with E-state index in [9.17, 15) is 9.59 Å². The second-order valence-corrected chi connectivity index (χ2v) is 6.28. The Kier molecular flexibility index (Phi) is 4.40. The van der Waals surface area contributed by atoms with Gasteiger partial charge in [0.15, 0.2) is 0 Å². The normalized spacial score (nSPS) is 10.5. The number of carbonyl (C=O) groups is 2. The number of thiazole rings is 1. The summed E-state index contributed by atoms with van der Waals surface area (Å²) in [7, 11) is 0. The van der Waals surface area contributed by atoms with Gasteiger partial charge < -0.3 is 0 Å². The summed E-state index contributed by atoms with van der Waals surface area (Å²) >= 11 is 2.87. The Labute approximate surface area is 134 Å². The van der Waals surface area contributed by atoms with Gasteiger partial charge in [0.05, 0.1) is 6.42 Å². The summed E-state index contributed by atoms with van der Waals surface area (Å²) in [5.74, 6) is -1.38. The van der Waals surface area contributed by atoms with Crippen molar-refractivity contribution < 1.29 is 9.59 Å². The van der Waals surface area contributed by atoms with E-state index in [4.69, 9.17) is 0 Å². The van der Waals surface area contributed by atoms with E-state index < -0.39 is 11.6 Å². The molecule has 3 rings (SSSR count). The van der Waals surface area contributed by atoms with Crippen molar-refractivity contribution in [3.8, 4) is 0 Å². The van der Waals surface area contributed by atoms with Crippen molar-refractivity contribution in [1.82, 2.24) is 20.2 Å². The fraction of sp³-hybridized carbons (Fsp3) is 0.0714. The molecule has 0 aliphatic heterocycles. The molecule has 0 fully saturated rings. The van der Waals surface area contributed by atoms with Gasteiger partial charge in [-0.25, -0.2) is 9.97 Å². The van der Waals surface area contributed by atoms with Crippen molar-refractivity contribution in [2.75, 3.05) is 0 Å². The third kappa shape index (κ3) is 3.46. The molecule has 0 aliphatic carbocycles. The molecule has 0 bridgehead atoms. The highest BCUT2D eigenvalue weighted by molar-refractivity contribution is 7.99. The summed E-state index contributed by atoms with van der Waals surface area (Å²) < 4.78 is 0. The summed E-state index contributed by atoms with van der Waals surface area (Å²) in [6.45, 7) is 0. The second kappa shape index (κ2) is 6.63. The third-order valence-corrected chi connectivity index (χ3v) is 4.60. The summed E-state index contributed by atoms with van der Waals surface area (Å²) in [6, 6.07) is 9.83. The number of benzene rings is 1. The van der Waals surface area contributed by atoms with E-state index in [0.717, 1.165) is 9.92 Å². The first-order valence-corrected chi connectivity index (χ1v) is 8.02. The first kappa shape index (κ1) is 14.6. The molecule has 0 unspecified atom stereocenters. The molecule has 2 heterocycles. The lowest BCUT2D eigenvalue weighted by atomic mass is 10.2. The lowest BCUT2D eigenvalue weighted by Gasteiger charge is -1.96. The molecular weight excluding hydrogens is 320 g/mol. The zero-order chi connectivity index (χ0) is 15.4. The van der Waals surface area contributed by atoms with E-state index in [1.165, 1.54) is 29.4 Å². The monoisotopic (exact) mass is 330 g/mol. The predicted molar refractivity (Wildman–Crippen MR) is 82.1 cm³/mol. The highest BCUT2D eigenvalue weighted by Crippen LogP contribution is 2.28. The van der Waals surface area contributed by atoms with Crippen LogP contribution in [0, 0.1) is 0 Å². The topological polar surface area (TPSA) is 88.6 Å². The third-order valence-electron chi connectivity index (χ3n) is 2.68. The van der Waals surface area contributed by atoms with Gasteiger partial charge in [-0.15, -0.1) is 16.4 Å². The Balaban J connectivity index is 1.64. The van der Waals surface area contributed by atoms with Crippen LogP contribution >= 0.6 is 23.1 Å². The highest BCUT2D eigenvalue weighted by Gasteiger charge is 2.21. The summed E-state index contributed by atoms with van der Waals surface area (Å²) in [6.07, 6.45) is 1.23. The zero-order valence-electron chi connectivity index (χ0n) is 11.2. The van der Waals surface area contributed by atoms with Crippen molar-refractivity contribution >= 4 is 34.7 Å². The fourth-order valence-corrected chi connectivity index (χ4v) is 3.43. The summed E-state index contributed by atoms with van der Waals surface area (Å²) in [4.78, 5) is 32.8. The maximum Gasteiger partial charge on any atom is 0.268 e. The number of carbonyl (C=O) groups excluding carboxylic acids is 2. The van der Waals surface area contributed by atoms with Crippen LogP contribution in [0.3, 0.4) is 0 Å². The molecule has 0 aliphatic rings. The molecule has 1 aromatic carbocycles. The number of nitrogens with one attached hydrogen (secondary N) is 1. The quantitative estimate of drug-likeness (QED) is 0.551.